The molecular weight excluding hydrogens is 279 g/mol. The maximum Gasteiger partial charge on any atom is 0.416 e. The van der Waals surface area contributed by atoms with Gasteiger partial charge in [0.05, 0.1) is 5.56 Å². The van der Waals surface area contributed by atoms with Crippen LogP contribution in [0.15, 0.2) is 36.7 Å². The molecule has 0 amide bonds. The monoisotopic (exact) mass is 297 g/mol. The molecule has 1 unspecified atom stereocenters. The smallest absolute Gasteiger partial charge is 0.338 e. The fraction of sp³-hybridized carbons (Fsp3) is 0.400. The van der Waals surface area contributed by atoms with Gasteiger partial charge in [0.15, 0.2) is 0 Å². The predicted octanol–water partition coefficient (Wildman–Crippen LogP) is 3.33. The van der Waals surface area contributed by atoms with Crippen LogP contribution in [0.3, 0.4) is 0 Å². The van der Waals surface area contributed by atoms with Crippen LogP contribution in [-0.4, -0.2) is 16.6 Å². The van der Waals surface area contributed by atoms with Gasteiger partial charge in [-0.25, -0.2) is 4.98 Å². The van der Waals surface area contributed by atoms with Crippen molar-refractivity contribution in [2.24, 2.45) is 7.05 Å². The van der Waals surface area contributed by atoms with E-state index >= 15 is 0 Å². The molecule has 0 aliphatic carbocycles. The lowest BCUT2D eigenvalue weighted by Gasteiger charge is -2.17. The number of aryl methyl sites for hydroxylation is 2. The number of nitrogens with one attached hydrogen (secondary N) is 1. The summed E-state index contributed by atoms with van der Waals surface area (Å²) in [6.07, 6.45) is 0.854. The van der Waals surface area contributed by atoms with E-state index in [1.165, 1.54) is 12.1 Å². The molecule has 2 aromatic rings. The van der Waals surface area contributed by atoms with E-state index in [0.29, 0.717) is 0 Å². The average molecular weight is 297 g/mol. The Balaban J connectivity index is 2.05. The second-order valence-electron chi connectivity index (χ2n) is 4.95. The van der Waals surface area contributed by atoms with E-state index in [4.69, 9.17) is 0 Å². The van der Waals surface area contributed by atoms with Crippen LogP contribution in [0.4, 0.5) is 13.2 Å². The van der Waals surface area contributed by atoms with Gasteiger partial charge in [-0.15, -0.1) is 0 Å². The molecule has 0 fully saturated rings. The second-order valence-corrected chi connectivity index (χ2v) is 4.95. The Morgan fingerprint density at radius 1 is 1.24 bits per heavy atom. The summed E-state index contributed by atoms with van der Waals surface area (Å²) in [7, 11) is 3.73. The molecule has 21 heavy (non-hydrogen) atoms. The highest BCUT2D eigenvalue weighted by Gasteiger charge is 2.30. The number of aromatic nitrogens is 2. The lowest BCUT2D eigenvalue weighted by Crippen LogP contribution is -2.18. The molecule has 0 aliphatic heterocycles. The Morgan fingerprint density at radius 2 is 1.90 bits per heavy atom. The van der Waals surface area contributed by atoms with E-state index in [0.717, 1.165) is 36.4 Å². The third-order valence-electron chi connectivity index (χ3n) is 3.57. The van der Waals surface area contributed by atoms with Crippen molar-refractivity contribution in [1.29, 1.82) is 0 Å². The summed E-state index contributed by atoms with van der Waals surface area (Å²) in [6.45, 7) is 0. The molecule has 114 valence electrons. The van der Waals surface area contributed by atoms with Gasteiger partial charge in [0, 0.05) is 31.9 Å². The van der Waals surface area contributed by atoms with E-state index < -0.39 is 11.7 Å². The van der Waals surface area contributed by atoms with Crippen molar-refractivity contribution in [3.63, 3.8) is 0 Å². The van der Waals surface area contributed by atoms with Gasteiger partial charge in [0.1, 0.15) is 5.82 Å². The first-order chi connectivity index (χ1) is 9.91. The van der Waals surface area contributed by atoms with Crippen LogP contribution in [0.5, 0.6) is 0 Å². The maximum atomic E-state index is 12.6. The lowest BCUT2D eigenvalue weighted by molar-refractivity contribution is -0.137. The number of imidazole rings is 1. The van der Waals surface area contributed by atoms with Crippen molar-refractivity contribution in [2.75, 3.05) is 7.05 Å². The highest BCUT2D eigenvalue weighted by Crippen LogP contribution is 2.30. The molecule has 3 nitrogen and oxygen atoms in total. The predicted molar refractivity (Wildman–Crippen MR) is 74.8 cm³/mol. The third kappa shape index (κ3) is 3.85. The van der Waals surface area contributed by atoms with Crippen molar-refractivity contribution in [3.05, 3.63) is 53.6 Å². The molecule has 1 N–H and O–H groups in total. The van der Waals surface area contributed by atoms with Crippen LogP contribution in [0, 0.1) is 0 Å². The highest BCUT2D eigenvalue weighted by atomic mass is 19.4. The number of rotatable bonds is 5. The highest BCUT2D eigenvalue weighted by molar-refractivity contribution is 5.26. The molecule has 0 aliphatic rings. The number of alkyl halides is 3. The first-order valence-electron chi connectivity index (χ1n) is 6.72. The Morgan fingerprint density at radius 3 is 2.38 bits per heavy atom. The van der Waals surface area contributed by atoms with E-state index in [1.807, 2.05) is 17.8 Å². The van der Waals surface area contributed by atoms with Gasteiger partial charge in [0.2, 0.25) is 0 Å². The first kappa shape index (κ1) is 15.6. The topological polar surface area (TPSA) is 29.9 Å². The number of hydrogen-bond acceptors (Lipinski definition) is 2. The zero-order valence-electron chi connectivity index (χ0n) is 12.0. The fourth-order valence-corrected chi connectivity index (χ4v) is 2.29. The van der Waals surface area contributed by atoms with E-state index in [9.17, 15) is 13.2 Å². The molecule has 0 saturated heterocycles. The zero-order valence-corrected chi connectivity index (χ0v) is 12.0. The molecule has 0 spiro atoms. The minimum absolute atomic E-state index is 0.00369. The standard InChI is InChI=1S/C15H18F3N3/c1-19-13(7-8-14-20-9-10-21(14)2)11-3-5-12(6-4-11)15(16,17)18/h3-6,9-10,13,19H,7-8H2,1-2H3. The summed E-state index contributed by atoms with van der Waals surface area (Å²) in [5.41, 5.74) is 0.227. The SMILES string of the molecule is CNC(CCc1nccn1C)c1ccc(C(F)(F)F)cc1. The molecule has 1 aromatic heterocycles. The van der Waals surface area contributed by atoms with Gasteiger partial charge in [-0.1, -0.05) is 12.1 Å². The summed E-state index contributed by atoms with van der Waals surface area (Å²) in [5.74, 6) is 0.960. The van der Waals surface area contributed by atoms with Crippen LogP contribution in [0.25, 0.3) is 0 Å². The van der Waals surface area contributed by atoms with Crippen molar-refractivity contribution in [3.8, 4) is 0 Å². The van der Waals surface area contributed by atoms with E-state index in [2.05, 4.69) is 10.3 Å². The fourth-order valence-electron chi connectivity index (χ4n) is 2.29. The summed E-state index contributed by atoms with van der Waals surface area (Å²) >= 11 is 0. The molecule has 1 atom stereocenters. The number of halogens is 3. The third-order valence-corrected chi connectivity index (χ3v) is 3.57. The average Bonchev–Trinajstić information content (AvgIpc) is 2.85. The van der Waals surface area contributed by atoms with Crippen molar-refractivity contribution < 1.29 is 13.2 Å². The molecule has 1 aromatic carbocycles. The second kappa shape index (κ2) is 6.30. The van der Waals surface area contributed by atoms with Crippen molar-refractivity contribution >= 4 is 0 Å². The quantitative estimate of drug-likeness (QED) is 0.917. The molecule has 6 heteroatoms. The molecule has 0 radical (unpaired) electrons. The Labute approximate surface area is 121 Å². The molecule has 2 rings (SSSR count). The maximum absolute atomic E-state index is 12.6. The van der Waals surface area contributed by atoms with Gasteiger partial charge in [-0.2, -0.15) is 13.2 Å². The van der Waals surface area contributed by atoms with Crippen LogP contribution < -0.4 is 5.32 Å². The van der Waals surface area contributed by atoms with Crippen molar-refractivity contribution in [2.45, 2.75) is 25.1 Å². The Kier molecular flexibility index (Phi) is 4.67. The summed E-state index contributed by atoms with van der Waals surface area (Å²) in [4.78, 5) is 4.25. The van der Waals surface area contributed by atoms with E-state index in [-0.39, 0.29) is 6.04 Å². The number of benzene rings is 1. The molecule has 0 saturated carbocycles. The Bertz CT molecular complexity index is 573. The van der Waals surface area contributed by atoms with Crippen LogP contribution >= 0.6 is 0 Å². The van der Waals surface area contributed by atoms with Gasteiger partial charge in [0.25, 0.3) is 0 Å². The minimum Gasteiger partial charge on any atom is -0.338 e. The van der Waals surface area contributed by atoms with Gasteiger partial charge in [-0.3, -0.25) is 0 Å². The lowest BCUT2D eigenvalue weighted by atomic mass is 10.0. The van der Waals surface area contributed by atoms with Crippen LogP contribution in [0.1, 0.15) is 29.4 Å². The minimum atomic E-state index is -4.29. The normalized spacial score (nSPS) is 13.4. The summed E-state index contributed by atoms with van der Waals surface area (Å²) < 4.78 is 39.6. The summed E-state index contributed by atoms with van der Waals surface area (Å²) in [5, 5.41) is 3.14. The molecular formula is C15H18F3N3. The number of hydrogen-bond donors (Lipinski definition) is 1. The largest absolute Gasteiger partial charge is 0.416 e. The molecule has 0 bridgehead atoms. The van der Waals surface area contributed by atoms with Gasteiger partial charge < -0.3 is 9.88 Å². The van der Waals surface area contributed by atoms with Gasteiger partial charge in [-0.05, 0) is 31.2 Å². The number of nitrogens with zero attached hydrogens (tertiary/aromatic N) is 2. The van der Waals surface area contributed by atoms with Crippen molar-refractivity contribution in [1.82, 2.24) is 14.9 Å². The van der Waals surface area contributed by atoms with Crippen LogP contribution in [-0.2, 0) is 19.6 Å². The zero-order chi connectivity index (χ0) is 15.5. The van der Waals surface area contributed by atoms with Crippen LogP contribution in [0.2, 0.25) is 0 Å². The first-order valence-corrected chi connectivity index (χ1v) is 6.72. The summed E-state index contributed by atoms with van der Waals surface area (Å²) in [6, 6.07) is 5.31. The molecule has 1 heterocycles. The van der Waals surface area contributed by atoms with Gasteiger partial charge >= 0.3 is 6.18 Å². The Hall–Kier alpha value is -1.82. The van der Waals surface area contributed by atoms with E-state index in [1.54, 1.807) is 13.2 Å².